The highest BCUT2D eigenvalue weighted by Gasteiger charge is 2.22. The van der Waals surface area contributed by atoms with E-state index in [9.17, 15) is 0 Å². The monoisotopic (exact) mass is 361 g/mol. The number of unbranched alkanes of at least 4 members (excludes halogenated alkanes) is 5. The Hall–Kier alpha value is -0.760. The second-order valence-electron chi connectivity index (χ2n) is 6.94. The molecule has 0 aliphatic heterocycles. The molecule has 2 heteroatoms. The summed E-state index contributed by atoms with van der Waals surface area (Å²) < 4.78 is 1.17. The summed E-state index contributed by atoms with van der Waals surface area (Å²) in [6, 6.07) is 6.67. The number of hydrogen-bond donors (Lipinski definition) is 1. The number of aryl methyl sites for hydroxylation is 1. The fraction of sp³-hybridized carbons (Fsp3) is 0.600. The number of hydrogen-bond acceptors (Lipinski definition) is 0. The topological polar surface area (TPSA) is 15.8 Å². The Balaban J connectivity index is 1.56. The summed E-state index contributed by atoms with van der Waals surface area (Å²) in [5.41, 5.74) is 4.40. The van der Waals surface area contributed by atoms with Gasteiger partial charge in [-0.3, -0.25) is 0 Å². The van der Waals surface area contributed by atoms with Crippen molar-refractivity contribution in [1.82, 2.24) is 4.98 Å². The van der Waals surface area contributed by atoms with E-state index in [-0.39, 0.29) is 0 Å². The number of rotatable bonds is 7. The largest absolute Gasteiger partial charge is 0.358 e. The van der Waals surface area contributed by atoms with E-state index in [4.69, 9.17) is 0 Å². The van der Waals surface area contributed by atoms with Gasteiger partial charge in [-0.05, 0) is 42.9 Å². The lowest BCUT2D eigenvalue weighted by molar-refractivity contribution is 0.404. The SMILES string of the molecule is CCCCCCCCC1CCc2[nH]c3cc(Br)ccc3c2C1. The number of aromatic nitrogens is 1. The summed E-state index contributed by atoms with van der Waals surface area (Å²) >= 11 is 3.58. The van der Waals surface area contributed by atoms with Gasteiger partial charge in [-0.2, -0.15) is 0 Å². The van der Waals surface area contributed by atoms with E-state index < -0.39 is 0 Å². The van der Waals surface area contributed by atoms with Crippen LogP contribution < -0.4 is 0 Å². The van der Waals surface area contributed by atoms with Crippen LogP contribution in [0, 0.1) is 5.92 Å². The van der Waals surface area contributed by atoms with Crippen molar-refractivity contribution in [3.63, 3.8) is 0 Å². The summed E-state index contributed by atoms with van der Waals surface area (Å²) in [6.07, 6.45) is 13.8. The fourth-order valence-corrected chi connectivity index (χ4v) is 4.29. The van der Waals surface area contributed by atoms with E-state index in [1.165, 1.54) is 85.3 Å². The smallest absolute Gasteiger partial charge is 0.0470 e. The average Bonchev–Trinajstić information content (AvgIpc) is 2.87. The third kappa shape index (κ3) is 3.76. The molecule has 1 aromatic carbocycles. The van der Waals surface area contributed by atoms with Crippen molar-refractivity contribution >= 4 is 26.8 Å². The first-order valence-corrected chi connectivity index (χ1v) is 9.86. The number of halogens is 1. The predicted molar refractivity (Wildman–Crippen MR) is 99.5 cm³/mol. The van der Waals surface area contributed by atoms with Gasteiger partial charge in [0.2, 0.25) is 0 Å². The minimum Gasteiger partial charge on any atom is -0.358 e. The van der Waals surface area contributed by atoms with Gasteiger partial charge in [0.05, 0.1) is 0 Å². The molecule has 120 valence electrons. The molecule has 1 atom stereocenters. The van der Waals surface area contributed by atoms with Crippen LogP contribution in [-0.4, -0.2) is 4.98 Å². The van der Waals surface area contributed by atoms with Gasteiger partial charge in [0, 0.05) is 21.1 Å². The Morgan fingerprint density at radius 1 is 1.14 bits per heavy atom. The maximum atomic E-state index is 3.64. The van der Waals surface area contributed by atoms with Gasteiger partial charge in [0.25, 0.3) is 0 Å². The van der Waals surface area contributed by atoms with Gasteiger partial charge in [0.1, 0.15) is 0 Å². The van der Waals surface area contributed by atoms with E-state index in [0.717, 1.165) is 5.92 Å². The average molecular weight is 362 g/mol. The second-order valence-corrected chi connectivity index (χ2v) is 7.85. The van der Waals surface area contributed by atoms with E-state index in [0.29, 0.717) is 0 Å². The molecule has 0 bridgehead atoms. The molecule has 0 fully saturated rings. The summed E-state index contributed by atoms with van der Waals surface area (Å²) in [4.78, 5) is 3.64. The lowest BCUT2D eigenvalue weighted by Gasteiger charge is -2.22. The Kier molecular flexibility index (Phi) is 5.62. The molecular formula is C20H28BrN. The first-order chi connectivity index (χ1) is 10.8. The maximum absolute atomic E-state index is 3.64. The van der Waals surface area contributed by atoms with Crippen molar-refractivity contribution in [3.8, 4) is 0 Å². The molecule has 1 nitrogen and oxygen atoms in total. The Bertz CT molecular complexity index is 613. The van der Waals surface area contributed by atoms with Gasteiger partial charge < -0.3 is 4.98 Å². The third-order valence-corrected chi connectivity index (χ3v) is 5.71. The molecule has 1 heterocycles. The normalized spacial score (nSPS) is 17.8. The lowest BCUT2D eigenvalue weighted by Crippen LogP contribution is -2.13. The molecule has 22 heavy (non-hydrogen) atoms. The van der Waals surface area contributed by atoms with Gasteiger partial charge in [0.15, 0.2) is 0 Å². The lowest BCUT2D eigenvalue weighted by atomic mass is 9.83. The second kappa shape index (κ2) is 7.68. The molecule has 1 aliphatic carbocycles. The molecule has 1 N–H and O–H groups in total. The first kappa shape index (κ1) is 16.1. The Morgan fingerprint density at radius 3 is 2.82 bits per heavy atom. The molecule has 0 amide bonds. The van der Waals surface area contributed by atoms with Crippen molar-refractivity contribution in [3.05, 3.63) is 33.9 Å². The van der Waals surface area contributed by atoms with Crippen molar-refractivity contribution in [2.45, 2.75) is 71.1 Å². The molecule has 2 aromatic rings. The standard InChI is InChI=1S/C20H28BrN/c1-2-3-4-5-6-7-8-15-9-12-19-18(13-15)17-11-10-16(21)14-20(17)22-19/h10-11,14-15,22H,2-9,12-13H2,1H3. The van der Waals surface area contributed by atoms with Gasteiger partial charge in [-0.1, -0.05) is 73.9 Å². The summed E-state index contributed by atoms with van der Waals surface area (Å²) in [7, 11) is 0. The number of H-pyrrole nitrogens is 1. The number of fused-ring (bicyclic) bond motifs is 3. The molecule has 0 saturated carbocycles. The van der Waals surface area contributed by atoms with Crippen LogP contribution in [0.5, 0.6) is 0 Å². The van der Waals surface area contributed by atoms with Crippen molar-refractivity contribution in [2.24, 2.45) is 5.92 Å². The van der Waals surface area contributed by atoms with Crippen molar-refractivity contribution in [2.75, 3.05) is 0 Å². The molecule has 3 rings (SSSR count). The van der Waals surface area contributed by atoms with Crippen LogP contribution in [0.3, 0.4) is 0 Å². The third-order valence-electron chi connectivity index (χ3n) is 5.22. The van der Waals surface area contributed by atoms with E-state index in [2.05, 4.69) is 46.0 Å². The Morgan fingerprint density at radius 2 is 1.95 bits per heavy atom. The molecule has 0 saturated heterocycles. The summed E-state index contributed by atoms with van der Waals surface area (Å²) in [5.74, 6) is 0.904. The predicted octanol–water partition coefficient (Wildman–Crippen LogP) is 6.79. The highest BCUT2D eigenvalue weighted by atomic mass is 79.9. The van der Waals surface area contributed by atoms with E-state index in [1.807, 2.05) is 0 Å². The van der Waals surface area contributed by atoms with Crippen LogP contribution in [0.1, 0.15) is 69.5 Å². The molecule has 1 aliphatic rings. The molecule has 1 unspecified atom stereocenters. The van der Waals surface area contributed by atoms with Crippen LogP contribution in [0.25, 0.3) is 10.9 Å². The highest BCUT2D eigenvalue weighted by molar-refractivity contribution is 9.10. The van der Waals surface area contributed by atoms with Crippen LogP contribution in [0.4, 0.5) is 0 Å². The van der Waals surface area contributed by atoms with Crippen LogP contribution in [0.15, 0.2) is 22.7 Å². The summed E-state index contributed by atoms with van der Waals surface area (Å²) in [6.45, 7) is 2.29. The van der Waals surface area contributed by atoms with Crippen molar-refractivity contribution < 1.29 is 0 Å². The fourth-order valence-electron chi connectivity index (χ4n) is 3.93. The zero-order chi connectivity index (χ0) is 15.4. The maximum Gasteiger partial charge on any atom is 0.0470 e. The first-order valence-electron chi connectivity index (χ1n) is 9.07. The van der Waals surface area contributed by atoms with E-state index in [1.54, 1.807) is 5.56 Å². The molecule has 1 aromatic heterocycles. The number of aromatic amines is 1. The van der Waals surface area contributed by atoms with E-state index >= 15 is 0 Å². The van der Waals surface area contributed by atoms with Gasteiger partial charge >= 0.3 is 0 Å². The van der Waals surface area contributed by atoms with Crippen LogP contribution >= 0.6 is 15.9 Å². The van der Waals surface area contributed by atoms with Crippen molar-refractivity contribution in [1.29, 1.82) is 0 Å². The zero-order valence-electron chi connectivity index (χ0n) is 13.8. The summed E-state index contributed by atoms with van der Waals surface area (Å²) in [5, 5.41) is 1.45. The van der Waals surface area contributed by atoms with Crippen LogP contribution in [-0.2, 0) is 12.8 Å². The van der Waals surface area contributed by atoms with Crippen LogP contribution in [0.2, 0.25) is 0 Å². The zero-order valence-corrected chi connectivity index (χ0v) is 15.3. The number of nitrogens with one attached hydrogen (secondary N) is 1. The van der Waals surface area contributed by atoms with Gasteiger partial charge in [-0.25, -0.2) is 0 Å². The molecular weight excluding hydrogens is 334 g/mol. The Labute approximate surface area is 143 Å². The minimum absolute atomic E-state index is 0.904. The molecule has 0 spiro atoms. The number of benzene rings is 1. The molecule has 0 radical (unpaired) electrons. The van der Waals surface area contributed by atoms with Gasteiger partial charge in [-0.15, -0.1) is 0 Å². The highest BCUT2D eigenvalue weighted by Crippen LogP contribution is 2.34. The quantitative estimate of drug-likeness (QED) is 0.522. The minimum atomic E-state index is 0.904.